The number of alkyl halides is 2. The third-order valence-electron chi connectivity index (χ3n) is 3.01. The lowest BCUT2D eigenvalue weighted by atomic mass is 10.1. The minimum Gasteiger partial charge on any atom is -0.324 e. The molecule has 114 valence electrons. The van der Waals surface area contributed by atoms with Crippen molar-refractivity contribution >= 4 is 11.8 Å². The molecule has 0 aliphatic rings. The average molecular weight is 312 g/mol. The van der Waals surface area contributed by atoms with Gasteiger partial charge in [0.1, 0.15) is 5.82 Å². The summed E-state index contributed by atoms with van der Waals surface area (Å²) < 4.78 is 30.1. The van der Waals surface area contributed by atoms with Gasteiger partial charge in [-0.05, 0) is 13.8 Å². The number of nitrogens with two attached hydrogens (primary N) is 1. The third kappa shape index (κ3) is 3.59. The normalized spacial score (nSPS) is 12.1. The Morgan fingerprint density at radius 3 is 2.48 bits per heavy atom. The van der Waals surface area contributed by atoms with E-state index in [9.17, 15) is 8.78 Å². The lowest BCUT2D eigenvalue weighted by molar-refractivity contribution is 0.0231. The molecule has 1 aromatic carbocycles. The molecule has 7 heteroatoms. The van der Waals surface area contributed by atoms with Gasteiger partial charge in [-0.1, -0.05) is 42.1 Å². The van der Waals surface area contributed by atoms with E-state index in [4.69, 9.17) is 5.73 Å². The van der Waals surface area contributed by atoms with Crippen molar-refractivity contribution in [2.75, 3.05) is 5.75 Å². The van der Waals surface area contributed by atoms with Crippen molar-refractivity contribution in [3.63, 3.8) is 0 Å². The quantitative estimate of drug-likeness (QED) is 0.832. The summed E-state index contributed by atoms with van der Waals surface area (Å²) in [6.45, 7) is 4.13. The number of thioether (sulfide) groups is 1. The van der Waals surface area contributed by atoms with Crippen molar-refractivity contribution in [1.29, 1.82) is 0 Å². The predicted molar refractivity (Wildman–Crippen MR) is 79.4 cm³/mol. The minimum absolute atomic E-state index is 0.00663. The molecular weight excluding hydrogens is 294 g/mol. The maximum absolute atomic E-state index is 14.2. The van der Waals surface area contributed by atoms with Gasteiger partial charge in [0.05, 0.1) is 12.3 Å². The van der Waals surface area contributed by atoms with E-state index in [1.54, 1.807) is 22.8 Å². The second-order valence-corrected chi connectivity index (χ2v) is 5.87. The maximum atomic E-state index is 14.2. The van der Waals surface area contributed by atoms with E-state index in [1.807, 2.05) is 13.8 Å². The van der Waals surface area contributed by atoms with Gasteiger partial charge in [-0.15, -0.1) is 10.2 Å². The predicted octanol–water partition coefficient (Wildman–Crippen LogP) is 3.20. The summed E-state index contributed by atoms with van der Waals surface area (Å²) in [4.78, 5) is 0. The van der Waals surface area contributed by atoms with Crippen LogP contribution in [0.15, 0.2) is 35.5 Å². The van der Waals surface area contributed by atoms with E-state index in [1.165, 1.54) is 12.1 Å². The number of hydrogen-bond donors (Lipinski definition) is 1. The molecular formula is C14H18F2N4S. The fraction of sp³-hybridized carbons (Fsp3) is 0.429. The summed E-state index contributed by atoms with van der Waals surface area (Å²) >= 11 is 0.997. The first-order valence-electron chi connectivity index (χ1n) is 6.65. The molecule has 2 N–H and O–H groups in total. The maximum Gasteiger partial charge on any atom is 0.282 e. The molecule has 0 aliphatic heterocycles. The first-order valence-corrected chi connectivity index (χ1v) is 7.64. The van der Waals surface area contributed by atoms with Crippen LogP contribution in [-0.4, -0.2) is 20.5 Å². The van der Waals surface area contributed by atoms with E-state index in [0.717, 1.165) is 11.8 Å². The van der Waals surface area contributed by atoms with Crippen molar-refractivity contribution < 1.29 is 8.78 Å². The molecule has 2 aromatic rings. The molecule has 0 saturated heterocycles. The van der Waals surface area contributed by atoms with E-state index in [0.29, 0.717) is 11.0 Å². The zero-order valence-electron chi connectivity index (χ0n) is 12.0. The Hall–Kier alpha value is -1.47. The largest absolute Gasteiger partial charge is 0.324 e. The monoisotopic (exact) mass is 312 g/mol. The average Bonchev–Trinajstić information content (AvgIpc) is 2.89. The van der Waals surface area contributed by atoms with Crippen LogP contribution < -0.4 is 5.73 Å². The number of aromatic nitrogens is 3. The van der Waals surface area contributed by atoms with Crippen LogP contribution in [0.3, 0.4) is 0 Å². The van der Waals surface area contributed by atoms with E-state index < -0.39 is 5.92 Å². The van der Waals surface area contributed by atoms with Crippen molar-refractivity contribution in [2.24, 2.45) is 5.73 Å². The lowest BCUT2D eigenvalue weighted by Gasteiger charge is -2.17. The number of benzene rings is 1. The SMILES string of the molecule is CC(C)n1c(CN)nnc1SCC(F)(F)c1ccccc1. The summed E-state index contributed by atoms with van der Waals surface area (Å²) in [7, 11) is 0. The summed E-state index contributed by atoms with van der Waals surface area (Å²) in [6, 6.07) is 7.87. The van der Waals surface area contributed by atoms with Crippen LogP contribution in [0, 0.1) is 0 Å². The zero-order chi connectivity index (χ0) is 15.5. The van der Waals surface area contributed by atoms with Crippen LogP contribution in [0.2, 0.25) is 0 Å². The molecule has 21 heavy (non-hydrogen) atoms. The van der Waals surface area contributed by atoms with Gasteiger partial charge in [0, 0.05) is 11.6 Å². The number of hydrogen-bond acceptors (Lipinski definition) is 4. The van der Waals surface area contributed by atoms with Crippen molar-refractivity contribution in [2.45, 2.75) is 37.5 Å². The molecule has 4 nitrogen and oxygen atoms in total. The Balaban J connectivity index is 2.15. The Labute approximate surface area is 126 Å². The van der Waals surface area contributed by atoms with E-state index in [2.05, 4.69) is 10.2 Å². The highest BCUT2D eigenvalue weighted by atomic mass is 32.2. The smallest absolute Gasteiger partial charge is 0.282 e. The molecule has 2 rings (SSSR count). The molecule has 0 aliphatic carbocycles. The van der Waals surface area contributed by atoms with Gasteiger partial charge >= 0.3 is 0 Å². The summed E-state index contributed by atoms with van der Waals surface area (Å²) in [5.74, 6) is -2.69. The first-order chi connectivity index (χ1) is 9.95. The van der Waals surface area contributed by atoms with E-state index in [-0.39, 0.29) is 23.9 Å². The number of rotatable bonds is 6. The molecule has 0 radical (unpaired) electrons. The van der Waals surface area contributed by atoms with E-state index >= 15 is 0 Å². The Bertz CT molecular complexity index is 584. The molecule has 1 heterocycles. The van der Waals surface area contributed by atoms with Crippen LogP contribution in [0.1, 0.15) is 31.3 Å². The summed E-state index contributed by atoms with van der Waals surface area (Å²) in [6.07, 6.45) is 0. The molecule has 0 saturated carbocycles. The minimum atomic E-state index is -2.91. The number of halogens is 2. The van der Waals surface area contributed by atoms with Crippen LogP contribution in [0.25, 0.3) is 0 Å². The van der Waals surface area contributed by atoms with Gasteiger partial charge in [-0.3, -0.25) is 0 Å². The fourth-order valence-corrected chi connectivity index (χ4v) is 3.02. The van der Waals surface area contributed by atoms with Crippen LogP contribution in [0.4, 0.5) is 8.78 Å². The lowest BCUT2D eigenvalue weighted by Crippen LogP contribution is -2.17. The molecule has 0 spiro atoms. The molecule has 1 aromatic heterocycles. The van der Waals surface area contributed by atoms with Gasteiger partial charge in [0.25, 0.3) is 5.92 Å². The van der Waals surface area contributed by atoms with Crippen molar-refractivity contribution in [1.82, 2.24) is 14.8 Å². The Kier molecular flexibility index (Phi) is 4.95. The van der Waals surface area contributed by atoms with Crippen molar-refractivity contribution in [3.8, 4) is 0 Å². The molecule has 0 unspecified atom stereocenters. The first kappa shape index (κ1) is 15.9. The summed E-state index contributed by atoms with van der Waals surface area (Å²) in [5.41, 5.74) is 5.60. The second kappa shape index (κ2) is 6.53. The van der Waals surface area contributed by atoms with Crippen LogP contribution >= 0.6 is 11.8 Å². The van der Waals surface area contributed by atoms with Gasteiger partial charge in [-0.2, -0.15) is 0 Å². The topological polar surface area (TPSA) is 56.7 Å². The molecule has 0 bridgehead atoms. The van der Waals surface area contributed by atoms with Gasteiger partial charge in [0.15, 0.2) is 5.16 Å². The molecule has 0 atom stereocenters. The molecule has 0 fully saturated rings. The number of nitrogens with zero attached hydrogens (tertiary/aromatic N) is 3. The van der Waals surface area contributed by atoms with Crippen LogP contribution in [-0.2, 0) is 12.5 Å². The fourth-order valence-electron chi connectivity index (χ4n) is 1.98. The highest BCUT2D eigenvalue weighted by molar-refractivity contribution is 7.99. The Morgan fingerprint density at radius 1 is 1.24 bits per heavy atom. The van der Waals surface area contributed by atoms with Gasteiger partial charge < -0.3 is 10.3 Å². The van der Waals surface area contributed by atoms with Gasteiger partial charge in [-0.25, -0.2) is 8.78 Å². The second-order valence-electron chi connectivity index (χ2n) is 4.93. The third-order valence-corrected chi connectivity index (χ3v) is 4.06. The van der Waals surface area contributed by atoms with Crippen molar-refractivity contribution in [3.05, 3.63) is 41.7 Å². The molecule has 0 amide bonds. The van der Waals surface area contributed by atoms with Gasteiger partial charge in [0.2, 0.25) is 0 Å². The standard InChI is InChI=1S/C14H18F2N4S/c1-10(2)20-12(8-17)18-19-13(20)21-9-14(15,16)11-6-4-3-5-7-11/h3-7,10H,8-9,17H2,1-2H3. The highest BCUT2D eigenvalue weighted by Gasteiger charge is 2.32. The summed E-state index contributed by atoms with van der Waals surface area (Å²) in [5, 5.41) is 8.39. The van der Waals surface area contributed by atoms with Crippen LogP contribution in [0.5, 0.6) is 0 Å². The highest BCUT2D eigenvalue weighted by Crippen LogP contribution is 2.34. The zero-order valence-corrected chi connectivity index (χ0v) is 12.8. The Morgan fingerprint density at radius 2 is 1.90 bits per heavy atom.